The Labute approximate surface area is 158 Å². The molecule has 0 aliphatic carbocycles. The van der Waals surface area contributed by atoms with Gasteiger partial charge in [-0.15, -0.1) is 11.8 Å². The maximum Gasteiger partial charge on any atom is 0.279 e. The fourth-order valence-corrected chi connectivity index (χ4v) is 3.43. The van der Waals surface area contributed by atoms with E-state index in [9.17, 15) is 9.59 Å². The molecule has 1 heterocycles. The van der Waals surface area contributed by atoms with Crippen LogP contribution in [0.2, 0.25) is 5.02 Å². The lowest BCUT2D eigenvalue weighted by molar-refractivity contribution is -0.115. The van der Waals surface area contributed by atoms with Crippen LogP contribution >= 0.6 is 35.1 Å². The van der Waals surface area contributed by atoms with Crippen molar-refractivity contribution in [1.82, 2.24) is 5.32 Å². The summed E-state index contributed by atoms with van der Waals surface area (Å²) in [6.07, 6.45) is 3.79. The van der Waals surface area contributed by atoms with Gasteiger partial charge in [0.1, 0.15) is 0 Å². The number of aliphatic imine (C=N–C) groups is 1. The molecule has 1 N–H and O–H groups in total. The molecule has 0 unspecified atom stereocenters. The van der Waals surface area contributed by atoms with Crippen molar-refractivity contribution in [3.8, 4) is 0 Å². The summed E-state index contributed by atoms with van der Waals surface area (Å²) in [6.45, 7) is 0. The van der Waals surface area contributed by atoms with Gasteiger partial charge in [-0.3, -0.25) is 9.59 Å². The van der Waals surface area contributed by atoms with Crippen LogP contribution in [0, 0.1) is 0 Å². The number of halogens is 1. The molecular weight excluding hydrogens is 376 g/mol. The minimum atomic E-state index is -0.426. The van der Waals surface area contributed by atoms with E-state index in [4.69, 9.17) is 11.6 Å². The number of nitrogens with one attached hydrogen (secondary N) is 1. The third-order valence-corrected chi connectivity index (χ3v) is 5.26. The third kappa shape index (κ3) is 4.54. The Bertz CT molecular complexity index is 875. The molecule has 0 bridgehead atoms. The number of rotatable bonds is 3. The first-order valence-corrected chi connectivity index (χ1v) is 9.70. The molecule has 0 aromatic heterocycles. The second kappa shape index (κ2) is 7.91. The molecule has 7 heteroatoms. The molecule has 1 saturated heterocycles. The molecule has 3 rings (SSSR count). The summed E-state index contributed by atoms with van der Waals surface area (Å²) in [5.74, 6) is -0.688. The Morgan fingerprint density at radius 3 is 2.48 bits per heavy atom. The number of nitrogens with zero attached hydrogens (tertiary/aromatic N) is 1. The first-order valence-electron chi connectivity index (χ1n) is 7.29. The zero-order valence-corrected chi connectivity index (χ0v) is 15.5. The van der Waals surface area contributed by atoms with Gasteiger partial charge in [-0.1, -0.05) is 23.7 Å². The van der Waals surface area contributed by atoms with E-state index in [0.717, 1.165) is 22.2 Å². The number of thioether (sulfide) groups is 2. The fraction of sp³-hybridized carbons (Fsp3) is 0.0556. The maximum atomic E-state index is 12.1. The largest absolute Gasteiger partial charge is 0.300 e. The third-order valence-electron chi connectivity index (χ3n) is 3.36. The van der Waals surface area contributed by atoms with Gasteiger partial charge in [0.25, 0.3) is 11.8 Å². The van der Waals surface area contributed by atoms with Gasteiger partial charge in [0.05, 0.1) is 4.91 Å². The fourth-order valence-electron chi connectivity index (χ4n) is 2.08. The van der Waals surface area contributed by atoms with Crippen LogP contribution in [0.1, 0.15) is 15.9 Å². The van der Waals surface area contributed by atoms with Crippen LogP contribution < -0.4 is 5.32 Å². The van der Waals surface area contributed by atoms with Gasteiger partial charge in [-0.05, 0) is 66.1 Å². The van der Waals surface area contributed by atoms with E-state index in [1.54, 1.807) is 42.1 Å². The summed E-state index contributed by atoms with van der Waals surface area (Å²) < 4.78 is 0. The molecular formula is C18H13ClN2O2S2. The molecule has 126 valence electrons. The molecule has 1 aliphatic heterocycles. The number of carbonyl (C=O) groups is 2. The Hall–Kier alpha value is -2.02. The summed E-state index contributed by atoms with van der Waals surface area (Å²) >= 11 is 8.61. The number of hydrogen-bond acceptors (Lipinski definition) is 4. The van der Waals surface area contributed by atoms with E-state index >= 15 is 0 Å². The summed E-state index contributed by atoms with van der Waals surface area (Å²) in [7, 11) is 0. The topological polar surface area (TPSA) is 58.5 Å². The standard InChI is InChI=1S/C18H13ClN2O2S2/c1-24-14-8-2-11(3-9-14)10-15-17(23)21-18(25-15)20-16(22)12-4-6-13(19)7-5-12/h2-10H,1H3,(H,20,21,22,23)/b15-10-. The van der Waals surface area contributed by atoms with Crippen LogP contribution in [-0.2, 0) is 4.79 Å². The predicted molar refractivity (Wildman–Crippen MR) is 105 cm³/mol. The highest BCUT2D eigenvalue weighted by Crippen LogP contribution is 2.27. The van der Waals surface area contributed by atoms with E-state index in [1.807, 2.05) is 30.5 Å². The highest BCUT2D eigenvalue weighted by molar-refractivity contribution is 8.18. The summed E-state index contributed by atoms with van der Waals surface area (Å²) in [5, 5.41) is 3.44. The van der Waals surface area contributed by atoms with E-state index in [-0.39, 0.29) is 11.1 Å². The zero-order chi connectivity index (χ0) is 17.8. The smallest absolute Gasteiger partial charge is 0.279 e. The van der Waals surface area contributed by atoms with Gasteiger partial charge in [0.2, 0.25) is 0 Å². The Balaban J connectivity index is 1.75. The van der Waals surface area contributed by atoms with Gasteiger partial charge in [0.15, 0.2) is 5.17 Å². The molecule has 0 saturated carbocycles. The van der Waals surface area contributed by atoms with Crippen LogP contribution in [0.3, 0.4) is 0 Å². The quantitative estimate of drug-likeness (QED) is 0.622. The molecule has 0 radical (unpaired) electrons. The van der Waals surface area contributed by atoms with Crippen molar-refractivity contribution >= 4 is 58.2 Å². The molecule has 4 nitrogen and oxygen atoms in total. The van der Waals surface area contributed by atoms with E-state index < -0.39 is 5.91 Å². The summed E-state index contributed by atoms with van der Waals surface area (Å²) in [5.41, 5.74) is 1.33. The Morgan fingerprint density at radius 1 is 1.16 bits per heavy atom. The van der Waals surface area contributed by atoms with Crippen molar-refractivity contribution in [3.05, 3.63) is 69.6 Å². The molecule has 0 spiro atoms. The first-order chi connectivity index (χ1) is 12.0. The lowest BCUT2D eigenvalue weighted by atomic mass is 10.2. The van der Waals surface area contributed by atoms with Crippen molar-refractivity contribution in [2.24, 2.45) is 4.99 Å². The van der Waals surface area contributed by atoms with E-state index in [1.165, 1.54) is 0 Å². The normalized spacial score (nSPS) is 17.1. The van der Waals surface area contributed by atoms with Crippen LogP contribution in [0.4, 0.5) is 0 Å². The minimum Gasteiger partial charge on any atom is -0.300 e. The van der Waals surface area contributed by atoms with Crippen LogP contribution in [0.25, 0.3) is 6.08 Å². The average molecular weight is 389 g/mol. The van der Waals surface area contributed by atoms with Crippen molar-refractivity contribution in [1.29, 1.82) is 0 Å². The molecule has 2 aromatic carbocycles. The highest BCUT2D eigenvalue weighted by Gasteiger charge is 2.24. The molecule has 1 fully saturated rings. The SMILES string of the molecule is CSc1ccc(/C=C2\SC(=NC(=O)c3ccc(Cl)cc3)NC2=O)cc1. The number of amides is 2. The van der Waals surface area contributed by atoms with Gasteiger partial charge < -0.3 is 5.32 Å². The Kier molecular flexibility index (Phi) is 5.63. The van der Waals surface area contributed by atoms with Gasteiger partial charge >= 0.3 is 0 Å². The molecule has 2 amide bonds. The summed E-state index contributed by atoms with van der Waals surface area (Å²) in [4.78, 5) is 29.8. The maximum absolute atomic E-state index is 12.1. The summed E-state index contributed by atoms with van der Waals surface area (Å²) in [6, 6.07) is 14.3. The van der Waals surface area contributed by atoms with Crippen LogP contribution in [0.5, 0.6) is 0 Å². The first kappa shape index (κ1) is 17.8. The van der Waals surface area contributed by atoms with Crippen LogP contribution in [-0.4, -0.2) is 23.2 Å². The van der Waals surface area contributed by atoms with Crippen LogP contribution in [0.15, 0.2) is 63.3 Å². The van der Waals surface area contributed by atoms with Crippen molar-refractivity contribution in [3.63, 3.8) is 0 Å². The molecule has 0 atom stereocenters. The lowest BCUT2D eigenvalue weighted by Crippen LogP contribution is -2.20. The molecule has 2 aromatic rings. The molecule has 25 heavy (non-hydrogen) atoms. The predicted octanol–water partition coefficient (Wildman–Crippen LogP) is 4.46. The number of amidine groups is 1. The lowest BCUT2D eigenvalue weighted by Gasteiger charge is -1.98. The monoisotopic (exact) mass is 388 g/mol. The average Bonchev–Trinajstić information content (AvgIpc) is 2.95. The van der Waals surface area contributed by atoms with E-state index in [0.29, 0.717) is 15.5 Å². The Morgan fingerprint density at radius 2 is 1.84 bits per heavy atom. The number of hydrogen-bond donors (Lipinski definition) is 1. The van der Waals surface area contributed by atoms with Gasteiger partial charge in [-0.2, -0.15) is 4.99 Å². The van der Waals surface area contributed by atoms with Gasteiger partial charge in [0, 0.05) is 15.5 Å². The second-order valence-corrected chi connectivity index (χ2v) is 7.41. The second-order valence-electron chi connectivity index (χ2n) is 5.07. The van der Waals surface area contributed by atoms with Crippen molar-refractivity contribution in [2.75, 3.05) is 6.26 Å². The number of benzene rings is 2. The molecule has 1 aliphatic rings. The zero-order valence-electron chi connectivity index (χ0n) is 13.2. The van der Waals surface area contributed by atoms with E-state index in [2.05, 4.69) is 10.3 Å². The number of carbonyl (C=O) groups excluding carboxylic acids is 2. The minimum absolute atomic E-state index is 0.262. The van der Waals surface area contributed by atoms with Crippen molar-refractivity contribution in [2.45, 2.75) is 4.90 Å². The van der Waals surface area contributed by atoms with Crippen molar-refractivity contribution < 1.29 is 9.59 Å². The highest BCUT2D eigenvalue weighted by atomic mass is 35.5. The van der Waals surface area contributed by atoms with Gasteiger partial charge in [-0.25, -0.2) is 0 Å².